The summed E-state index contributed by atoms with van der Waals surface area (Å²) in [5.74, 6) is 0.819. The van der Waals surface area contributed by atoms with Crippen molar-refractivity contribution in [1.29, 1.82) is 0 Å². The Morgan fingerprint density at radius 3 is 2.54 bits per heavy atom. The highest BCUT2D eigenvalue weighted by Crippen LogP contribution is 2.16. The van der Waals surface area contributed by atoms with Crippen molar-refractivity contribution in [2.24, 2.45) is 0 Å². The molecule has 0 aromatic heterocycles. The highest BCUT2D eigenvalue weighted by molar-refractivity contribution is 9.10. The minimum Gasteiger partial charge on any atom is -0.449 e. The molecule has 2 N–H and O–H groups in total. The van der Waals surface area contributed by atoms with Gasteiger partial charge in [0.25, 0.3) is 5.91 Å². The Hall–Kier alpha value is -2.67. The Morgan fingerprint density at radius 1 is 1.21 bits per heavy atom. The van der Waals surface area contributed by atoms with E-state index in [4.69, 9.17) is 11.2 Å². The topological polar surface area (TPSA) is 102 Å². The SMILES string of the molecule is C#CCNS(=O)(=O)c1cccc(C(=O)O[C@@H](C)C(=O)Nc2ccc(Br)cc2)c1. The molecule has 0 saturated heterocycles. The van der Waals surface area contributed by atoms with Gasteiger partial charge in [0.05, 0.1) is 17.0 Å². The second-order valence-electron chi connectivity index (χ2n) is 5.60. The fraction of sp³-hybridized carbons (Fsp3) is 0.158. The van der Waals surface area contributed by atoms with Gasteiger partial charge in [-0.2, -0.15) is 4.72 Å². The van der Waals surface area contributed by atoms with Gasteiger partial charge in [-0.05, 0) is 49.4 Å². The van der Waals surface area contributed by atoms with Crippen molar-refractivity contribution in [1.82, 2.24) is 4.72 Å². The van der Waals surface area contributed by atoms with Crippen molar-refractivity contribution in [3.63, 3.8) is 0 Å². The van der Waals surface area contributed by atoms with Crippen LogP contribution in [0.25, 0.3) is 0 Å². The minimum atomic E-state index is -3.85. The number of carbonyl (C=O) groups is 2. The number of carbonyl (C=O) groups excluding carboxylic acids is 2. The van der Waals surface area contributed by atoms with Crippen molar-refractivity contribution < 1.29 is 22.7 Å². The number of esters is 1. The molecule has 0 fully saturated rings. The number of halogens is 1. The van der Waals surface area contributed by atoms with Crippen LogP contribution in [-0.4, -0.2) is 32.9 Å². The first-order valence-corrected chi connectivity index (χ1v) is 10.3. The molecule has 1 amide bonds. The summed E-state index contributed by atoms with van der Waals surface area (Å²) in [6.45, 7) is 1.24. The average molecular weight is 465 g/mol. The van der Waals surface area contributed by atoms with Crippen LogP contribution < -0.4 is 10.0 Å². The van der Waals surface area contributed by atoms with E-state index in [1.54, 1.807) is 24.3 Å². The highest BCUT2D eigenvalue weighted by atomic mass is 79.9. The lowest BCUT2D eigenvalue weighted by Crippen LogP contribution is -2.30. The zero-order valence-electron chi connectivity index (χ0n) is 14.8. The summed E-state index contributed by atoms with van der Waals surface area (Å²) >= 11 is 3.29. The fourth-order valence-electron chi connectivity index (χ4n) is 2.07. The summed E-state index contributed by atoms with van der Waals surface area (Å²) in [4.78, 5) is 24.3. The van der Waals surface area contributed by atoms with E-state index >= 15 is 0 Å². The molecule has 2 aromatic carbocycles. The van der Waals surface area contributed by atoms with Gasteiger partial charge in [-0.3, -0.25) is 4.79 Å². The third kappa shape index (κ3) is 5.92. The Labute approximate surface area is 171 Å². The van der Waals surface area contributed by atoms with E-state index in [-0.39, 0.29) is 17.0 Å². The van der Waals surface area contributed by atoms with Crippen molar-refractivity contribution in [3.8, 4) is 12.3 Å². The molecule has 0 saturated carbocycles. The molecule has 0 heterocycles. The van der Waals surface area contributed by atoms with Crippen LogP contribution in [0.15, 0.2) is 57.9 Å². The molecule has 0 bridgehead atoms. The van der Waals surface area contributed by atoms with Crippen LogP contribution in [0.3, 0.4) is 0 Å². The number of hydrogen-bond donors (Lipinski definition) is 2. The molecule has 0 aliphatic rings. The van der Waals surface area contributed by atoms with E-state index in [2.05, 4.69) is 31.9 Å². The van der Waals surface area contributed by atoms with E-state index in [0.29, 0.717) is 5.69 Å². The van der Waals surface area contributed by atoms with Crippen LogP contribution in [-0.2, 0) is 19.6 Å². The molecule has 0 unspecified atom stereocenters. The van der Waals surface area contributed by atoms with Gasteiger partial charge in [0.2, 0.25) is 10.0 Å². The number of sulfonamides is 1. The lowest BCUT2D eigenvalue weighted by Gasteiger charge is -2.14. The molecule has 2 rings (SSSR count). The van der Waals surface area contributed by atoms with E-state index in [0.717, 1.165) is 10.5 Å². The van der Waals surface area contributed by atoms with Gasteiger partial charge < -0.3 is 10.1 Å². The lowest BCUT2D eigenvalue weighted by atomic mass is 10.2. The number of rotatable bonds is 7. The molecule has 0 spiro atoms. The summed E-state index contributed by atoms with van der Waals surface area (Å²) < 4.78 is 32.4. The molecule has 0 aliphatic heterocycles. The van der Waals surface area contributed by atoms with E-state index in [1.165, 1.54) is 25.1 Å². The van der Waals surface area contributed by atoms with Gasteiger partial charge in [-0.1, -0.05) is 27.9 Å². The first kappa shape index (κ1) is 21.6. The van der Waals surface area contributed by atoms with Crippen LogP contribution in [0.1, 0.15) is 17.3 Å². The zero-order chi connectivity index (χ0) is 20.7. The maximum atomic E-state index is 12.3. The Kier molecular flexibility index (Phi) is 7.34. The molecule has 1 atom stereocenters. The van der Waals surface area contributed by atoms with Crippen LogP contribution in [0.2, 0.25) is 0 Å². The van der Waals surface area contributed by atoms with Gasteiger partial charge in [-0.15, -0.1) is 6.42 Å². The summed E-state index contributed by atoms with van der Waals surface area (Å²) in [5.41, 5.74) is 0.538. The van der Waals surface area contributed by atoms with E-state index < -0.39 is 28.0 Å². The molecule has 28 heavy (non-hydrogen) atoms. The number of anilines is 1. The maximum Gasteiger partial charge on any atom is 0.338 e. The minimum absolute atomic E-state index is 0.00752. The second kappa shape index (κ2) is 9.50. The first-order chi connectivity index (χ1) is 13.2. The van der Waals surface area contributed by atoms with Crippen molar-refractivity contribution in [2.45, 2.75) is 17.9 Å². The molecule has 2 aromatic rings. The average Bonchev–Trinajstić information content (AvgIpc) is 2.68. The summed E-state index contributed by atoms with van der Waals surface area (Å²) in [6, 6.07) is 12.1. The second-order valence-corrected chi connectivity index (χ2v) is 8.28. The number of hydrogen-bond acceptors (Lipinski definition) is 5. The normalized spacial score (nSPS) is 11.9. The molecule has 0 aliphatic carbocycles. The van der Waals surface area contributed by atoms with Gasteiger partial charge in [0, 0.05) is 10.2 Å². The van der Waals surface area contributed by atoms with E-state index in [9.17, 15) is 18.0 Å². The molecule has 0 radical (unpaired) electrons. The van der Waals surface area contributed by atoms with Crippen LogP contribution >= 0.6 is 15.9 Å². The van der Waals surface area contributed by atoms with E-state index in [1.807, 2.05) is 0 Å². The monoisotopic (exact) mass is 464 g/mol. The third-order valence-electron chi connectivity index (χ3n) is 3.51. The maximum absolute atomic E-state index is 12.3. The van der Waals surface area contributed by atoms with Crippen molar-refractivity contribution in [2.75, 3.05) is 11.9 Å². The van der Waals surface area contributed by atoms with Gasteiger partial charge in [0.1, 0.15) is 0 Å². The molecular weight excluding hydrogens is 448 g/mol. The van der Waals surface area contributed by atoms with Gasteiger partial charge in [0.15, 0.2) is 6.10 Å². The predicted molar refractivity (Wildman–Crippen MR) is 108 cm³/mol. The van der Waals surface area contributed by atoms with Crippen molar-refractivity contribution in [3.05, 3.63) is 58.6 Å². The molecular formula is C19H17BrN2O5S. The number of terminal acetylenes is 1. The van der Waals surface area contributed by atoms with Gasteiger partial charge in [-0.25, -0.2) is 13.2 Å². The number of benzene rings is 2. The standard InChI is InChI=1S/C19H17BrN2O5S/c1-3-11-21-28(25,26)17-6-4-5-14(12-17)19(24)27-13(2)18(23)22-16-9-7-15(20)8-10-16/h1,4-10,12-13,21H,11H2,2H3,(H,22,23)/t13-/m0/s1. The predicted octanol–water partition coefficient (Wildman–Crippen LogP) is 2.54. The quantitative estimate of drug-likeness (QED) is 0.484. The van der Waals surface area contributed by atoms with Gasteiger partial charge >= 0.3 is 5.97 Å². The first-order valence-electron chi connectivity index (χ1n) is 8.03. The summed E-state index contributed by atoms with van der Waals surface area (Å²) in [7, 11) is -3.85. The number of amides is 1. The Balaban J connectivity index is 2.05. The molecule has 7 nitrogen and oxygen atoms in total. The van der Waals surface area contributed by atoms with Crippen LogP contribution in [0, 0.1) is 12.3 Å². The Bertz CT molecular complexity index is 1010. The molecule has 146 valence electrons. The summed E-state index contributed by atoms with van der Waals surface area (Å²) in [5, 5.41) is 2.62. The zero-order valence-corrected chi connectivity index (χ0v) is 17.2. The number of nitrogens with one attached hydrogen (secondary N) is 2. The Morgan fingerprint density at radius 2 is 1.89 bits per heavy atom. The third-order valence-corrected chi connectivity index (χ3v) is 5.44. The van der Waals surface area contributed by atoms with Crippen molar-refractivity contribution >= 4 is 43.5 Å². The number of ether oxygens (including phenoxy) is 1. The highest BCUT2D eigenvalue weighted by Gasteiger charge is 2.21. The molecule has 9 heteroatoms. The van der Waals surface area contributed by atoms with Crippen LogP contribution in [0.4, 0.5) is 5.69 Å². The van der Waals surface area contributed by atoms with Crippen LogP contribution in [0.5, 0.6) is 0 Å². The largest absolute Gasteiger partial charge is 0.449 e. The summed E-state index contributed by atoms with van der Waals surface area (Å²) in [6.07, 6.45) is 3.96. The fourth-order valence-corrected chi connectivity index (χ4v) is 3.31. The smallest absolute Gasteiger partial charge is 0.338 e. The lowest BCUT2D eigenvalue weighted by molar-refractivity contribution is -0.123.